The first-order chi connectivity index (χ1) is 7.33. The fraction of sp³-hybridized carbons (Fsp3) is 0.636. The van der Waals surface area contributed by atoms with Crippen LogP contribution in [0.2, 0.25) is 0 Å². The summed E-state index contributed by atoms with van der Waals surface area (Å²) in [7, 11) is 0. The summed E-state index contributed by atoms with van der Waals surface area (Å²) in [6.45, 7) is 7.11. The lowest BCUT2D eigenvalue weighted by atomic mass is 9.83. The maximum Gasteiger partial charge on any atom is 0.328 e. The van der Waals surface area contributed by atoms with E-state index in [0.29, 0.717) is 17.6 Å². The van der Waals surface area contributed by atoms with Crippen LogP contribution in [-0.2, 0) is 9.59 Å². The zero-order valence-electron chi connectivity index (χ0n) is 9.69. The highest BCUT2D eigenvalue weighted by Crippen LogP contribution is 2.25. The molecule has 1 heterocycles. The van der Waals surface area contributed by atoms with Gasteiger partial charge in [-0.15, -0.1) is 0 Å². The molecule has 92 valence electrons. The molecule has 0 spiro atoms. The Morgan fingerprint density at radius 3 is 1.62 bits per heavy atom. The normalized spacial score (nSPS) is 18.6. The summed E-state index contributed by atoms with van der Waals surface area (Å²) < 4.78 is 0. The van der Waals surface area contributed by atoms with Gasteiger partial charge < -0.3 is 15.5 Å². The van der Waals surface area contributed by atoms with Crippen molar-refractivity contribution in [3.63, 3.8) is 0 Å². The molecule has 3 N–H and O–H groups in total. The number of rotatable bonds is 2. The lowest BCUT2D eigenvalue weighted by Gasteiger charge is -2.29. The van der Waals surface area contributed by atoms with Crippen molar-refractivity contribution in [1.29, 1.82) is 0 Å². The van der Waals surface area contributed by atoms with Crippen molar-refractivity contribution >= 4 is 11.9 Å². The zero-order valence-corrected chi connectivity index (χ0v) is 9.69. The Bertz CT molecular complexity index is 247. The number of aliphatic carboxylic acids is 2. The molecule has 0 radical (unpaired) electrons. The first-order valence-electron chi connectivity index (χ1n) is 5.18. The summed E-state index contributed by atoms with van der Waals surface area (Å²) in [5, 5.41) is 19.0. The molecule has 0 bridgehead atoms. The van der Waals surface area contributed by atoms with Crippen LogP contribution >= 0.6 is 0 Å². The van der Waals surface area contributed by atoms with Gasteiger partial charge in [-0.05, 0) is 31.3 Å². The van der Waals surface area contributed by atoms with Crippen LogP contribution in [0, 0.1) is 5.41 Å². The van der Waals surface area contributed by atoms with Crippen LogP contribution < -0.4 is 5.32 Å². The molecule has 16 heavy (non-hydrogen) atoms. The van der Waals surface area contributed by atoms with Crippen LogP contribution in [0.25, 0.3) is 0 Å². The smallest absolute Gasteiger partial charge is 0.328 e. The van der Waals surface area contributed by atoms with Gasteiger partial charge in [0.05, 0.1) is 0 Å². The van der Waals surface area contributed by atoms with Gasteiger partial charge in [0.1, 0.15) is 0 Å². The molecule has 0 aromatic carbocycles. The maximum atomic E-state index is 9.55. The van der Waals surface area contributed by atoms with Crippen molar-refractivity contribution in [1.82, 2.24) is 5.32 Å². The maximum absolute atomic E-state index is 9.55. The van der Waals surface area contributed by atoms with E-state index in [4.69, 9.17) is 10.2 Å². The van der Waals surface area contributed by atoms with E-state index in [0.717, 1.165) is 0 Å². The number of carboxylic acid groups (broad SMARTS) is 2. The fourth-order valence-corrected chi connectivity index (χ4v) is 1.25. The third-order valence-corrected chi connectivity index (χ3v) is 2.33. The first-order valence-corrected chi connectivity index (χ1v) is 5.18. The number of hydrogen-bond acceptors (Lipinski definition) is 3. The van der Waals surface area contributed by atoms with Gasteiger partial charge in [0.15, 0.2) is 0 Å². The molecule has 1 fully saturated rings. The van der Waals surface area contributed by atoms with Crippen molar-refractivity contribution in [2.24, 2.45) is 5.41 Å². The van der Waals surface area contributed by atoms with Crippen LogP contribution in [-0.4, -0.2) is 35.2 Å². The third kappa shape index (κ3) is 9.21. The van der Waals surface area contributed by atoms with Gasteiger partial charge in [-0.25, -0.2) is 9.59 Å². The van der Waals surface area contributed by atoms with E-state index in [1.54, 1.807) is 0 Å². The molecular weight excluding hydrogens is 210 g/mol. The number of carboxylic acids is 2. The van der Waals surface area contributed by atoms with Gasteiger partial charge >= 0.3 is 11.9 Å². The van der Waals surface area contributed by atoms with Gasteiger partial charge in [0, 0.05) is 12.2 Å². The molecule has 0 aromatic heterocycles. The topological polar surface area (TPSA) is 86.6 Å². The highest BCUT2D eigenvalue weighted by molar-refractivity contribution is 5.89. The molecule has 0 saturated carbocycles. The van der Waals surface area contributed by atoms with E-state index >= 15 is 0 Å². The average molecular weight is 229 g/mol. The minimum Gasteiger partial charge on any atom is -0.478 e. The number of carbonyl (C=O) groups is 2. The summed E-state index contributed by atoms with van der Waals surface area (Å²) in [5.41, 5.74) is 0.616. The van der Waals surface area contributed by atoms with Gasteiger partial charge in [0.2, 0.25) is 0 Å². The van der Waals surface area contributed by atoms with Crippen LogP contribution in [0.1, 0.15) is 26.7 Å². The van der Waals surface area contributed by atoms with E-state index in [1.807, 2.05) is 0 Å². The Morgan fingerprint density at radius 2 is 1.44 bits per heavy atom. The molecule has 1 rings (SSSR count). The van der Waals surface area contributed by atoms with E-state index in [1.165, 1.54) is 25.9 Å². The van der Waals surface area contributed by atoms with Crippen LogP contribution in [0.15, 0.2) is 12.2 Å². The molecular formula is C11H19NO4. The Morgan fingerprint density at radius 1 is 1.06 bits per heavy atom. The molecule has 0 amide bonds. The van der Waals surface area contributed by atoms with E-state index in [-0.39, 0.29) is 0 Å². The Kier molecular flexibility index (Phi) is 6.41. The number of hydrogen-bond donors (Lipinski definition) is 3. The van der Waals surface area contributed by atoms with Crippen LogP contribution in [0.4, 0.5) is 0 Å². The number of nitrogens with one attached hydrogen (secondary N) is 1. The zero-order chi connectivity index (χ0) is 12.6. The SMILES string of the molecule is CC1(C)CCNCC1.O=C(O)/C=C/C(=O)O. The minimum absolute atomic E-state index is 0.558. The van der Waals surface area contributed by atoms with Gasteiger partial charge in [-0.3, -0.25) is 0 Å². The fourth-order valence-electron chi connectivity index (χ4n) is 1.25. The van der Waals surface area contributed by atoms with Crippen molar-refractivity contribution in [3.8, 4) is 0 Å². The molecule has 0 aromatic rings. The van der Waals surface area contributed by atoms with Gasteiger partial charge in [0.25, 0.3) is 0 Å². The van der Waals surface area contributed by atoms with Gasteiger partial charge in [-0.2, -0.15) is 0 Å². The van der Waals surface area contributed by atoms with E-state index in [9.17, 15) is 9.59 Å². The largest absolute Gasteiger partial charge is 0.478 e. The highest BCUT2D eigenvalue weighted by Gasteiger charge is 2.19. The van der Waals surface area contributed by atoms with Crippen molar-refractivity contribution in [2.75, 3.05) is 13.1 Å². The molecule has 5 nitrogen and oxygen atoms in total. The van der Waals surface area contributed by atoms with Crippen molar-refractivity contribution in [2.45, 2.75) is 26.7 Å². The summed E-state index contributed by atoms with van der Waals surface area (Å²) in [6, 6.07) is 0. The highest BCUT2D eigenvalue weighted by atomic mass is 16.4. The Hall–Kier alpha value is -1.36. The summed E-state index contributed by atoms with van der Waals surface area (Å²) in [5.74, 6) is -2.51. The second-order valence-corrected chi connectivity index (χ2v) is 4.42. The lowest BCUT2D eigenvalue weighted by Crippen LogP contribution is -2.32. The quantitative estimate of drug-likeness (QED) is 0.617. The Balaban J connectivity index is 0.000000281. The number of piperidine rings is 1. The summed E-state index contributed by atoms with van der Waals surface area (Å²) >= 11 is 0. The monoisotopic (exact) mass is 229 g/mol. The van der Waals surface area contributed by atoms with Crippen LogP contribution in [0.3, 0.4) is 0 Å². The minimum atomic E-state index is -1.26. The molecule has 5 heteroatoms. The third-order valence-electron chi connectivity index (χ3n) is 2.33. The lowest BCUT2D eigenvalue weighted by molar-refractivity contribution is -0.134. The first kappa shape index (κ1) is 14.6. The Labute approximate surface area is 95.2 Å². The van der Waals surface area contributed by atoms with Crippen LogP contribution in [0.5, 0.6) is 0 Å². The van der Waals surface area contributed by atoms with Crippen molar-refractivity contribution in [3.05, 3.63) is 12.2 Å². The molecule has 1 saturated heterocycles. The summed E-state index contributed by atoms with van der Waals surface area (Å²) in [4.78, 5) is 19.1. The summed E-state index contributed by atoms with van der Waals surface area (Å²) in [6.07, 6.45) is 3.80. The average Bonchev–Trinajstić information content (AvgIpc) is 2.15. The second kappa shape index (κ2) is 7.00. The molecule has 0 unspecified atom stereocenters. The van der Waals surface area contributed by atoms with Crippen molar-refractivity contribution < 1.29 is 19.8 Å². The predicted molar refractivity (Wildman–Crippen MR) is 60.3 cm³/mol. The van der Waals surface area contributed by atoms with Gasteiger partial charge in [-0.1, -0.05) is 13.8 Å². The second-order valence-electron chi connectivity index (χ2n) is 4.42. The molecule has 0 aliphatic carbocycles. The predicted octanol–water partition coefficient (Wildman–Crippen LogP) is 1.11. The van der Waals surface area contributed by atoms with E-state index in [2.05, 4.69) is 19.2 Å². The molecule has 1 aliphatic rings. The molecule has 0 atom stereocenters. The standard InChI is InChI=1S/C7H15N.C4H4O4/c1-7(2)3-5-8-6-4-7;5-3(6)1-2-4(7)8/h8H,3-6H2,1-2H3;1-2H,(H,5,6)(H,7,8)/b;2-1+. The molecule has 1 aliphatic heterocycles. The van der Waals surface area contributed by atoms with E-state index < -0.39 is 11.9 Å².